The molecular formula is C16H13F3N2O. The summed E-state index contributed by atoms with van der Waals surface area (Å²) in [5, 5.41) is 2.62. The van der Waals surface area contributed by atoms with E-state index in [9.17, 15) is 18.0 Å². The molecule has 1 heterocycles. The van der Waals surface area contributed by atoms with E-state index in [0.29, 0.717) is 12.0 Å². The summed E-state index contributed by atoms with van der Waals surface area (Å²) in [6.07, 6.45) is 0.406. The van der Waals surface area contributed by atoms with Gasteiger partial charge in [-0.1, -0.05) is 18.2 Å². The molecule has 3 nitrogen and oxygen atoms in total. The molecule has 2 aromatic carbocycles. The monoisotopic (exact) mass is 306 g/mol. The van der Waals surface area contributed by atoms with E-state index in [1.165, 1.54) is 23.1 Å². The summed E-state index contributed by atoms with van der Waals surface area (Å²) >= 11 is 0. The number of nitrogens with one attached hydrogen (secondary N) is 1. The van der Waals surface area contributed by atoms with Crippen LogP contribution < -0.4 is 10.2 Å². The lowest BCUT2D eigenvalue weighted by Gasteiger charge is -2.30. The third-order valence-corrected chi connectivity index (χ3v) is 3.64. The minimum Gasteiger partial charge on any atom is -0.334 e. The smallest absolute Gasteiger partial charge is 0.322 e. The zero-order valence-corrected chi connectivity index (χ0v) is 11.6. The molecule has 1 aliphatic rings. The van der Waals surface area contributed by atoms with Gasteiger partial charge in [0.15, 0.2) is 11.6 Å². The molecule has 3 rings (SSSR count). The first-order valence-corrected chi connectivity index (χ1v) is 6.83. The fourth-order valence-corrected chi connectivity index (χ4v) is 2.49. The maximum atomic E-state index is 14.0. The molecule has 0 aromatic heterocycles. The Morgan fingerprint density at radius 3 is 2.50 bits per heavy atom. The number of fused-ring (bicyclic) bond motifs is 1. The Labute approximate surface area is 125 Å². The van der Waals surface area contributed by atoms with Crippen LogP contribution in [0.3, 0.4) is 0 Å². The van der Waals surface area contributed by atoms with Crippen molar-refractivity contribution >= 4 is 11.7 Å². The van der Waals surface area contributed by atoms with Crippen molar-refractivity contribution < 1.29 is 18.0 Å². The maximum Gasteiger partial charge on any atom is 0.322 e. The van der Waals surface area contributed by atoms with Crippen molar-refractivity contribution in [2.45, 2.75) is 13.0 Å². The van der Waals surface area contributed by atoms with Crippen LogP contribution in [0.5, 0.6) is 0 Å². The fourth-order valence-electron chi connectivity index (χ4n) is 2.49. The van der Waals surface area contributed by atoms with Gasteiger partial charge in [-0.25, -0.2) is 18.0 Å². The summed E-state index contributed by atoms with van der Waals surface area (Å²) in [5.74, 6) is -2.36. The zero-order valence-electron chi connectivity index (χ0n) is 11.6. The quantitative estimate of drug-likeness (QED) is 0.926. The highest BCUT2D eigenvalue weighted by Gasteiger charge is 2.28. The molecule has 0 radical (unpaired) electrons. The van der Waals surface area contributed by atoms with Crippen LogP contribution in [-0.2, 0) is 13.0 Å². The van der Waals surface area contributed by atoms with Crippen molar-refractivity contribution in [3.8, 4) is 0 Å². The number of nitrogens with zero attached hydrogens (tertiary/aromatic N) is 1. The van der Waals surface area contributed by atoms with Crippen molar-refractivity contribution in [1.29, 1.82) is 0 Å². The summed E-state index contributed by atoms with van der Waals surface area (Å²) < 4.78 is 40.4. The zero-order chi connectivity index (χ0) is 15.7. The third-order valence-electron chi connectivity index (χ3n) is 3.64. The molecule has 0 fully saturated rings. The molecule has 0 saturated heterocycles. The number of amides is 2. The molecule has 0 unspecified atom stereocenters. The molecule has 0 saturated carbocycles. The number of benzene rings is 2. The topological polar surface area (TPSA) is 32.3 Å². The van der Waals surface area contributed by atoms with Crippen molar-refractivity contribution in [3.63, 3.8) is 0 Å². The lowest BCUT2D eigenvalue weighted by Crippen LogP contribution is -2.45. The van der Waals surface area contributed by atoms with E-state index in [4.69, 9.17) is 0 Å². The highest BCUT2D eigenvalue weighted by molar-refractivity contribution is 5.95. The second kappa shape index (κ2) is 5.71. The SMILES string of the molecule is O=C1NCc2ccc(F)c(F)c2N1CCc1ccc(F)cc1. The Hall–Kier alpha value is -2.50. The van der Waals surface area contributed by atoms with Gasteiger partial charge in [0.2, 0.25) is 0 Å². The minimum absolute atomic E-state index is 0.0224. The normalized spacial score (nSPS) is 13.8. The third kappa shape index (κ3) is 2.64. The van der Waals surface area contributed by atoms with Crippen LogP contribution in [0, 0.1) is 17.5 Å². The number of carbonyl (C=O) groups excluding carboxylic acids is 1. The number of carbonyl (C=O) groups is 1. The van der Waals surface area contributed by atoms with Gasteiger partial charge in [0.05, 0.1) is 5.69 Å². The summed E-state index contributed by atoms with van der Waals surface area (Å²) in [6, 6.07) is 7.86. The van der Waals surface area contributed by atoms with E-state index in [2.05, 4.69) is 5.32 Å². The van der Waals surface area contributed by atoms with Gasteiger partial charge in [0.1, 0.15) is 5.82 Å². The average molecular weight is 306 g/mol. The molecular weight excluding hydrogens is 293 g/mol. The van der Waals surface area contributed by atoms with E-state index in [1.807, 2.05) is 0 Å². The second-order valence-corrected chi connectivity index (χ2v) is 5.06. The molecule has 0 aliphatic carbocycles. The van der Waals surface area contributed by atoms with Gasteiger partial charge in [-0.05, 0) is 35.7 Å². The molecule has 22 heavy (non-hydrogen) atoms. The van der Waals surface area contributed by atoms with Gasteiger partial charge in [-0.15, -0.1) is 0 Å². The number of hydrogen-bond acceptors (Lipinski definition) is 1. The van der Waals surface area contributed by atoms with Gasteiger partial charge < -0.3 is 5.32 Å². The van der Waals surface area contributed by atoms with Crippen LogP contribution in [0.15, 0.2) is 36.4 Å². The molecule has 114 valence electrons. The van der Waals surface area contributed by atoms with Crippen LogP contribution in [0.4, 0.5) is 23.7 Å². The lowest BCUT2D eigenvalue weighted by molar-refractivity contribution is 0.244. The predicted molar refractivity (Wildman–Crippen MR) is 76.0 cm³/mol. The van der Waals surface area contributed by atoms with Crippen LogP contribution in [0.2, 0.25) is 0 Å². The molecule has 2 aromatic rings. The number of hydrogen-bond donors (Lipinski definition) is 1. The van der Waals surface area contributed by atoms with Crippen molar-refractivity contribution in [3.05, 3.63) is 65.0 Å². The number of rotatable bonds is 3. The Bertz CT molecular complexity index is 716. The first-order chi connectivity index (χ1) is 10.6. The summed E-state index contributed by atoms with van der Waals surface area (Å²) in [6.45, 7) is 0.337. The molecule has 1 aliphatic heterocycles. The van der Waals surface area contributed by atoms with E-state index in [-0.39, 0.29) is 24.6 Å². The van der Waals surface area contributed by atoms with Crippen molar-refractivity contribution in [2.24, 2.45) is 0 Å². The Morgan fingerprint density at radius 2 is 1.77 bits per heavy atom. The number of anilines is 1. The maximum absolute atomic E-state index is 14.0. The first kappa shape index (κ1) is 14.4. The van der Waals surface area contributed by atoms with Crippen LogP contribution in [0.25, 0.3) is 0 Å². The molecule has 1 N–H and O–H groups in total. The number of urea groups is 1. The van der Waals surface area contributed by atoms with E-state index < -0.39 is 17.7 Å². The molecule has 2 amide bonds. The Kier molecular flexibility index (Phi) is 3.75. The molecule has 6 heteroatoms. The Balaban J connectivity index is 1.86. The van der Waals surface area contributed by atoms with Gasteiger partial charge in [0, 0.05) is 13.1 Å². The molecule has 0 atom stereocenters. The molecule has 0 spiro atoms. The fraction of sp³-hybridized carbons (Fsp3) is 0.188. The summed E-state index contributed by atoms with van der Waals surface area (Å²) in [5.41, 5.74) is 1.31. The van der Waals surface area contributed by atoms with E-state index in [0.717, 1.165) is 11.6 Å². The minimum atomic E-state index is -1.02. The second-order valence-electron chi connectivity index (χ2n) is 5.06. The lowest BCUT2D eigenvalue weighted by atomic mass is 10.1. The highest BCUT2D eigenvalue weighted by Crippen LogP contribution is 2.29. The van der Waals surface area contributed by atoms with E-state index in [1.54, 1.807) is 12.1 Å². The standard InChI is InChI=1S/C16H13F3N2O/c17-12-4-1-10(2-5-12)7-8-21-15-11(9-20-16(21)22)3-6-13(18)14(15)19/h1-6H,7-9H2,(H,20,22). The predicted octanol–water partition coefficient (Wildman–Crippen LogP) is 3.38. The summed E-state index contributed by atoms with van der Waals surface area (Å²) in [7, 11) is 0. The van der Waals surface area contributed by atoms with Crippen molar-refractivity contribution in [1.82, 2.24) is 5.32 Å². The average Bonchev–Trinajstić information content (AvgIpc) is 2.52. The first-order valence-electron chi connectivity index (χ1n) is 6.83. The summed E-state index contributed by atoms with van der Waals surface area (Å²) in [4.78, 5) is 13.1. The van der Waals surface area contributed by atoms with Gasteiger partial charge in [-0.3, -0.25) is 4.90 Å². The van der Waals surface area contributed by atoms with Gasteiger partial charge >= 0.3 is 6.03 Å². The highest BCUT2D eigenvalue weighted by atomic mass is 19.2. The van der Waals surface area contributed by atoms with Crippen LogP contribution >= 0.6 is 0 Å². The number of halogens is 3. The largest absolute Gasteiger partial charge is 0.334 e. The van der Waals surface area contributed by atoms with E-state index >= 15 is 0 Å². The Morgan fingerprint density at radius 1 is 1.05 bits per heavy atom. The van der Waals surface area contributed by atoms with Crippen LogP contribution in [0.1, 0.15) is 11.1 Å². The van der Waals surface area contributed by atoms with Gasteiger partial charge in [0.25, 0.3) is 0 Å². The van der Waals surface area contributed by atoms with Crippen molar-refractivity contribution in [2.75, 3.05) is 11.4 Å². The van der Waals surface area contributed by atoms with Gasteiger partial charge in [-0.2, -0.15) is 0 Å². The molecule has 0 bridgehead atoms. The van der Waals surface area contributed by atoms with Crippen LogP contribution in [-0.4, -0.2) is 12.6 Å².